The Kier molecular flexibility index (Phi) is 11.2. The Bertz CT molecular complexity index is 571. The van der Waals surface area contributed by atoms with Crippen LogP contribution in [0, 0.1) is 6.92 Å². The van der Waals surface area contributed by atoms with Gasteiger partial charge in [-0.25, -0.2) is 13.4 Å². The van der Waals surface area contributed by atoms with Crippen molar-refractivity contribution in [3.05, 3.63) is 35.4 Å². The van der Waals surface area contributed by atoms with E-state index < -0.39 is 9.84 Å². The number of nitrogens with one attached hydrogen (secondary N) is 2. The number of unbranched alkanes of at least 4 members (excludes halogenated alkanes) is 1. The first kappa shape index (κ1) is 22.2. The second kappa shape index (κ2) is 11.7. The number of halogens is 1. The maximum Gasteiger partial charge on any atom is 0.191 e. The molecule has 0 heterocycles. The Morgan fingerprint density at radius 1 is 1.13 bits per heavy atom. The summed E-state index contributed by atoms with van der Waals surface area (Å²) in [5.74, 6) is 0.768. The minimum atomic E-state index is -2.96. The van der Waals surface area contributed by atoms with Crippen LogP contribution in [-0.2, 0) is 16.4 Å². The van der Waals surface area contributed by atoms with Crippen molar-refractivity contribution < 1.29 is 8.42 Å². The summed E-state index contributed by atoms with van der Waals surface area (Å²) < 4.78 is 22.4. The molecule has 1 rings (SSSR count). The summed E-state index contributed by atoms with van der Waals surface area (Å²) in [4.78, 5) is 4.51. The van der Waals surface area contributed by atoms with Crippen LogP contribution in [0.25, 0.3) is 0 Å². The van der Waals surface area contributed by atoms with Gasteiger partial charge in [-0.2, -0.15) is 0 Å². The van der Waals surface area contributed by atoms with Gasteiger partial charge in [0.2, 0.25) is 0 Å². The first-order valence-corrected chi connectivity index (χ1v) is 9.72. The summed E-state index contributed by atoms with van der Waals surface area (Å²) in [6, 6.07) is 8.23. The molecule has 0 aliphatic heterocycles. The van der Waals surface area contributed by atoms with Gasteiger partial charge < -0.3 is 10.6 Å². The predicted molar refractivity (Wildman–Crippen MR) is 108 cm³/mol. The van der Waals surface area contributed by atoms with Crippen LogP contribution in [0.2, 0.25) is 0 Å². The second-order valence-corrected chi connectivity index (χ2v) is 7.75. The highest BCUT2D eigenvalue weighted by Crippen LogP contribution is 2.04. The van der Waals surface area contributed by atoms with Crippen molar-refractivity contribution in [2.45, 2.75) is 33.2 Å². The van der Waals surface area contributed by atoms with Crippen molar-refractivity contribution in [3.63, 3.8) is 0 Å². The number of rotatable bonds is 8. The summed E-state index contributed by atoms with van der Waals surface area (Å²) >= 11 is 0. The minimum absolute atomic E-state index is 0. The normalized spacial score (nSPS) is 11.7. The lowest BCUT2D eigenvalue weighted by molar-refractivity contribution is 0.600. The number of hydrogen-bond donors (Lipinski definition) is 2. The zero-order valence-corrected chi connectivity index (χ0v) is 17.3. The van der Waals surface area contributed by atoms with Crippen LogP contribution in [0.15, 0.2) is 29.3 Å². The average molecular weight is 453 g/mol. The lowest BCUT2D eigenvalue weighted by Crippen LogP contribution is -2.40. The van der Waals surface area contributed by atoms with Crippen molar-refractivity contribution in [2.75, 3.05) is 25.1 Å². The smallest absolute Gasteiger partial charge is 0.191 e. The van der Waals surface area contributed by atoms with E-state index in [1.807, 2.05) is 0 Å². The fourth-order valence-corrected chi connectivity index (χ4v) is 2.25. The molecular formula is C16H28IN3O2S. The number of benzene rings is 1. The van der Waals surface area contributed by atoms with Gasteiger partial charge in [0.15, 0.2) is 5.96 Å². The van der Waals surface area contributed by atoms with Crippen LogP contribution in [0.4, 0.5) is 0 Å². The van der Waals surface area contributed by atoms with Gasteiger partial charge >= 0.3 is 0 Å². The Balaban J connectivity index is 0.00000484. The third-order valence-electron chi connectivity index (χ3n) is 3.13. The highest BCUT2D eigenvalue weighted by Gasteiger charge is 2.03. The standard InChI is InChI=1S/C16H27N3O2S.HI/c1-4-5-10-17-16(18-11-12-22(3,20)21)19-13-15-8-6-14(2)7-9-15;/h6-9H,4-5,10-13H2,1-3H3,(H2,17,18,19);1H. The Morgan fingerprint density at radius 3 is 2.30 bits per heavy atom. The molecule has 5 nitrogen and oxygen atoms in total. The summed E-state index contributed by atoms with van der Waals surface area (Å²) in [6.07, 6.45) is 3.39. The van der Waals surface area contributed by atoms with E-state index in [1.165, 1.54) is 11.8 Å². The lowest BCUT2D eigenvalue weighted by Gasteiger charge is -2.12. The number of aliphatic imine (C=N–C) groups is 1. The first-order chi connectivity index (χ1) is 10.4. The minimum Gasteiger partial charge on any atom is -0.356 e. The monoisotopic (exact) mass is 453 g/mol. The topological polar surface area (TPSA) is 70.6 Å². The number of guanidine groups is 1. The molecule has 1 aromatic carbocycles. The van der Waals surface area contributed by atoms with Crippen molar-refractivity contribution in [2.24, 2.45) is 4.99 Å². The van der Waals surface area contributed by atoms with Gasteiger partial charge in [-0.3, -0.25) is 0 Å². The van der Waals surface area contributed by atoms with Gasteiger partial charge in [0.05, 0.1) is 12.3 Å². The van der Waals surface area contributed by atoms with Crippen molar-refractivity contribution in [1.82, 2.24) is 10.6 Å². The zero-order chi connectivity index (χ0) is 16.4. The van der Waals surface area contributed by atoms with E-state index in [1.54, 1.807) is 0 Å². The van der Waals surface area contributed by atoms with Crippen LogP contribution < -0.4 is 10.6 Å². The van der Waals surface area contributed by atoms with Crippen LogP contribution in [-0.4, -0.2) is 39.5 Å². The summed E-state index contributed by atoms with van der Waals surface area (Å²) in [5.41, 5.74) is 2.35. The summed E-state index contributed by atoms with van der Waals surface area (Å²) in [6.45, 7) is 5.94. The fourth-order valence-electron chi connectivity index (χ4n) is 1.78. The van der Waals surface area contributed by atoms with E-state index in [-0.39, 0.29) is 29.7 Å². The van der Waals surface area contributed by atoms with Gasteiger partial charge in [0, 0.05) is 19.3 Å². The molecule has 0 aromatic heterocycles. The molecule has 0 bridgehead atoms. The van der Waals surface area contributed by atoms with Crippen LogP contribution >= 0.6 is 24.0 Å². The quantitative estimate of drug-likeness (QED) is 0.275. The van der Waals surface area contributed by atoms with Crippen LogP contribution in [0.5, 0.6) is 0 Å². The molecule has 0 amide bonds. The summed E-state index contributed by atoms with van der Waals surface area (Å²) in [7, 11) is -2.96. The Labute approximate surface area is 157 Å². The van der Waals surface area contributed by atoms with Crippen molar-refractivity contribution in [3.8, 4) is 0 Å². The highest BCUT2D eigenvalue weighted by molar-refractivity contribution is 14.0. The average Bonchev–Trinajstić information content (AvgIpc) is 2.45. The number of hydrogen-bond acceptors (Lipinski definition) is 3. The predicted octanol–water partition coefficient (Wildman–Crippen LogP) is 2.49. The molecule has 0 saturated heterocycles. The van der Waals surface area contributed by atoms with E-state index in [0.717, 1.165) is 24.9 Å². The van der Waals surface area contributed by atoms with E-state index >= 15 is 0 Å². The largest absolute Gasteiger partial charge is 0.356 e. The third-order valence-corrected chi connectivity index (χ3v) is 4.07. The van der Waals surface area contributed by atoms with E-state index in [4.69, 9.17) is 0 Å². The first-order valence-electron chi connectivity index (χ1n) is 7.66. The van der Waals surface area contributed by atoms with Crippen LogP contribution in [0.1, 0.15) is 30.9 Å². The molecule has 0 aliphatic carbocycles. The number of aryl methyl sites for hydroxylation is 1. The van der Waals surface area contributed by atoms with Gasteiger partial charge in [0.25, 0.3) is 0 Å². The van der Waals surface area contributed by atoms with E-state index in [2.05, 4.69) is 53.7 Å². The summed E-state index contributed by atoms with van der Waals surface area (Å²) in [5, 5.41) is 6.31. The fraction of sp³-hybridized carbons (Fsp3) is 0.562. The number of nitrogens with zero attached hydrogens (tertiary/aromatic N) is 1. The molecular weight excluding hydrogens is 425 g/mol. The SMILES string of the molecule is CCCCNC(=NCc1ccc(C)cc1)NCCS(C)(=O)=O.I. The molecule has 132 valence electrons. The van der Waals surface area contributed by atoms with Gasteiger partial charge in [-0.1, -0.05) is 43.2 Å². The van der Waals surface area contributed by atoms with Crippen molar-refractivity contribution >= 4 is 39.8 Å². The van der Waals surface area contributed by atoms with Gasteiger partial charge in [0.1, 0.15) is 9.84 Å². The molecule has 0 radical (unpaired) electrons. The zero-order valence-electron chi connectivity index (χ0n) is 14.1. The molecule has 0 fully saturated rings. The molecule has 23 heavy (non-hydrogen) atoms. The molecule has 0 spiro atoms. The molecule has 1 aromatic rings. The molecule has 7 heteroatoms. The molecule has 0 saturated carbocycles. The van der Waals surface area contributed by atoms with Gasteiger partial charge in [-0.15, -0.1) is 24.0 Å². The van der Waals surface area contributed by atoms with Gasteiger partial charge in [-0.05, 0) is 18.9 Å². The maximum atomic E-state index is 11.2. The Morgan fingerprint density at radius 2 is 1.74 bits per heavy atom. The molecule has 0 unspecified atom stereocenters. The third kappa shape index (κ3) is 11.4. The lowest BCUT2D eigenvalue weighted by atomic mass is 10.1. The number of sulfone groups is 1. The molecule has 0 atom stereocenters. The second-order valence-electron chi connectivity index (χ2n) is 5.49. The molecule has 0 aliphatic rings. The molecule has 2 N–H and O–H groups in total. The van der Waals surface area contributed by atoms with Crippen molar-refractivity contribution in [1.29, 1.82) is 0 Å². The van der Waals surface area contributed by atoms with E-state index in [9.17, 15) is 8.42 Å². The van der Waals surface area contributed by atoms with Crippen LogP contribution in [0.3, 0.4) is 0 Å². The van der Waals surface area contributed by atoms with E-state index in [0.29, 0.717) is 19.0 Å². The maximum absolute atomic E-state index is 11.2. The Hall–Kier alpha value is -0.830. The highest BCUT2D eigenvalue weighted by atomic mass is 127.